The number of nitrogens with zero attached hydrogens (tertiary/aromatic N) is 1. The summed E-state index contributed by atoms with van der Waals surface area (Å²) in [5, 5.41) is 3.09. The zero-order chi connectivity index (χ0) is 16.2. The Morgan fingerprint density at radius 1 is 1.24 bits per heavy atom. The standard InChI is InChI=1S/C16H28N2O2S/c1-7-8-14(4)18(6)21(19,20)16-10-15(11-17-5)12(2)9-13(16)3/h9-10,14,17H,7-8,11H2,1-6H3. The second-order valence-corrected chi connectivity index (χ2v) is 7.70. The highest BCUT2D eigenvalue weighted by Gasteiger charge is 2.27. The van der Waals surface area contributed by atoms with Gasteiger partial charge in [-0.15, -0.1) is 0 Å². The summed E-state index contributed by atoms with van der Waals surface area (Å²) < 4.78 is 27.2. The summed E-state index contributed by atoms with van der Waals surface area (Å²) in [6, 6.07) is 3.78. The highest BCUT2D eigenvalue weighted by Crippen LogP contribution is 2.25. The molecule has 1 atom stereocenters. The van der Waals surface area contributed by atoms with E-state index in [-0.39, 0.29) is 6.04 Å². The maximum Gasteiger partial charge on any atom is 0.243 e. The molecule has 1 unspecified atom stereocenters. The molecule has 5 heteroatoms. The lowest BCUT2D eigenvalue weighted by Gasteiger charge is -2.25. The van der Waals surface area contributed by atoms with Crippen molar-refractivity contribution in [2.75, 3.05) is 14.1 Å². The number of aryl methyl sites for hydroxylation is 2. The molecule has 0 bridgehead atoms. The fourth-order valence-corrected chi connectivity index (χ4v) is 4.17. The molecule has 0 radical (unpaired) electrons. The Hall–Kier alpha value is -0.910. The Labute approximate surface area is 129 Å². The number of hydrogen-bond donors (Lipinski definition) is 1. The van der Waals surface area contributed by atoms with Crippen molar-refractivity contribution >= 4 is 10.0 Å². The van der Waals surface area contributed by atoms with Gasteiger partial charge in [-0.2, -0.15) is 4.31 Å². The average molecular weight is 312 g/mol. The third kappa shape index (κ3) is 4.05. The first kappa shape index (κ1) is 18.1. The lowest BCUT2D eigenvalue weighted by Crippen LogP contribution is -2.35. The van der Waals surface area contributed by atoms with Crippen LogP contribution in [0.1, 0.15) is 43.4 Å². The van der Waals surface area contributed by atoms with Gasteiger partial charge in [-0.25, -0.2) is 8.42 Å². The van der Waals surface area contributed by atoms with Crippen LogP contribution in [0.2, 0.25) is 0 Å². The molecule has 0 heterocycles. The number of nitrogens with one attached hydrogen (secondary N) is 1. The zero-order valence-electron chi connectivity index (χ0n) is 14.0. The van der Waals surface area contributed by atoms with Crippen molar-refractivity contribution < 1.29 is 8.42 Å². The average Bonchev–Trinajstić information content (AvgIpc) is 2.41. The molecule has 0 spiro atoms. The van der Waals surface area contributed by atoms with E-state index < -0.39 is 10.0 Å². The third-order valence-electron chi connectivity index (χ3n) is 3.98. The van der Waals surface area contributed by atoms with Crippen LogP contribution < -0.4 is 5.32 Å². The Balaban J connectivity index is 3.27. The van der Waals surface area contributed by atoms with Crippen LogP contribution in [0.3, 0.4) is 0 Å². The molecule has 0 aliphatic carbocycles. The molecule has 4 nitrogen and oxygen atoms in total. The quantitative estimate of drug-likeness (QED) is 0.842. The summed E-state index contributed by atoms with van der Waals surface area (Å²) in [5.74, 6) is 0. The Kier molecular flexibility index (Phi) is 6.38. The highest BCUT2D eigenvalue weighted by atomic mass is 32.2. The maximum absolute atomic E-state index is 12.8. The van der Waals surface area contributed by atoms with E-state index in [9.17, 15) is 8.42 Å². The minimum Gasteiger partial charge on any atom is -0.316 e. The molecule has 0 saturated heterocycles. The van der Waals surface area contributed by atoms with Gasteiger partial charge in [-0.1, -0.05) is 19.4 Å². The first-order valence-electron chi connectivity index (χ1n) is 7.48. The molecule has 0 aromatic heterocycles. The van der Waals surface area contributed by atoms with Crippen molar-refractivity contribution in [1.29, 1.82) is 0 Å². The van der Waals surface area contributed by atoms with Gasteiger partial charge in [0.15, 0.2) is 0 Å². The fraction of sp³-hybridized carbons (Fsp3) is 0.625. The largest absolute Gasteiger partial charge is 0.316 e. The van der Waals surface area contributed by atoms with E-state index >= 15 is 0 Å². The fourth-order valence-electron chi connectivity index (χ4n) is 2.52. The molecule has 0 aliphatic rings. The van der Waals surface area contributed by atoms with Gasteiger partial charge in [0.25, 0.3) is 0 Å². The molecule has 0 saturated carbocycles. The normalized spacial score (nSPS) is 13.7. The number of hydrogen-bond acceptors (Lipinski definition) is 3. The van der Waals surface area contributed by atoms with E-state index in [0.29, 0.717) is 11.4 Å². The van der Waals surface area contributed by atoms with Crippen molar-refractivity contribution in [3.8, 4) is 0 Å². The lowest BCUT2D eigenvalue weighted by atomic mass is 10.1. The summed E-state index contributed by atoms with van der Waals surface area (Å²) in [5.41, 5.74) is 2.95. The SMILES string of the molecule is CCCC(C)N(C)S(=O)(=O)c1cc(CNC)c(C)cc1C. The van der Waals surface area contributed by atoms with E-state index in [0.717, 1.165) is 29.5 Å². The summed E-state index contributed by atoms with van der Waals surface area (Å²) in [6.07, 6.45) is 1.84. The Morgan fingerprint density at radius 3 is 2.38 bits per heavy atom. The number of benzene rings is 1. The molecule has 0 amide bonds. The van der Waals surface area contributed by atoms with E-state index in [4.69, 9.17) is 0 Å². The monoisotopic (exact) mass is 312 g/mol. The predicted octanol–water partition coefficient (Wildman–Crippen LogP) is 2.83. The zero-order valence-corrected chi connectivity index (χ0v) is 14.8. The van der Waals surface area contributed by atoms with Crippen molar-refractivity contribution in [3.63, 3.8) is 0 Å². The van der Waals surface area contributed by atoms with E-state index in [2.05, 4.69) is 12.2 Å². The van der Waals surface area contributed by atoms with Crippen LogP contribution in [0.4, 0.5) is 0 Å². The molecule has 1 rings (SSSR count). The summed E-state index contributed by atoms with van der Waals surface area (Å²) in [4.78, 5) is 0.420. The van der Waals surface area contributed by atoms with Gasteiger partial charge in [0.05, 0.1) is 4.90 Å². The minimum atomic E-state index is -3.44. The van der Waals surface area contributed by atoms with Crippen molar-refractivity contribution in [2.24, 2.45) is 0 Å². The molecule has 120 valence electrons. The number of sulfonamides is 1. The molecule has 21 heavy (non-hydrogen) atoms. The molecular weight excluding hydrogens is 284 g/mol. The van der Waals surface area contributed by atoms with Gasteiger partial charge < -0.3 is 5.32 Å². The van der Waals surface area contributed by atoms with Gasteiger partial charge in [0.2, 0.25) is 10.0 Å². The molecule has 1 N–H and O–H groups in total. The molecule has 0 aliphatic heterocycles. The van der Waals surface area contributed by atoms with Crippen molar-refractivity contribution in [1.82, 2.24) is 9.62 Å². The van der Waals surface area contributed by atoms with Gasteiger partial charge in [0.1, 0.15) is 0 Å². The van der Waals surface area contributed by atoms with Gasteiger partial charge in [-0.3, -0.25) is 0 Å². The lowest BCUT2D eigenvalue weighted by molar-refractivity contribution is 0.368. The van der Waals surface area contributed by atoms with Crippen LogP contribution in [-0.4, -0.2) is 32.9 Å². The van der Waals surface area contributed by atoms with E-state index in [1.54, 1.807) is 7.05 Å². The van der Waals surface area contributed by atoms with Crippen LogP contribution >= 0.6 is 0 Å². The summed E-state index contributed by atoms with van der Waals surface area (Å²) >= 11 is 0. The third-order valence-corrected chi connectivity index (χ3v) is 6.10. The van der Waals surface area contributed by atoms with Crippen LogP contribution in [0, 0.1) is 13.8 Å². The van der Waals surface area contributed by atoms with Crippen LogP contribution in [0.25, 0.3) is 0 Å². The first-order chi connectivity index (χ1) is 9.75. The second-order valence-electron chi connectivity index (χ2n) is 5.73. The van der Waals surface area contributed by atoms with Crippen molar-refractivity contribution in [3.05, 3.63) is 28.8 Å². The van der Waals surface area contributed by atoms with Crippen LogP contribution in [0.5, 0.6) is 0 Å². The van der Waals surface area contributed by atoms with E-state index in [1.807, 2.05) is 40.0 Å². The second kappa shape index (κ2) is 7.38. The van der Waals surface area contributed by atoms with Crippen LogP contribution in [0.15, 0.2) is 17.0 Å². The smallest absolute Gasteiger partial charge is 0.243 e. The minimum absolute atomic E-state index is 0.00783. The maximum atomic E-state index is 12.8. The Bertz CT molecular complexity index is 582. The van der Waals surface area contributed by atoms with Gasteiger partial charge in [0, 0.05) is 19.6 Å². The summed E-state index contributed by atoms with van der Waals surface area (Å²) in [7, 11) is 0.0942. The van der Waals surface area contributed by atoms with Crippen LogP contribution in [-0.2, 0) is 16.6 Å². The molecule has 1 aromatic carbocycles. The van der Waals surface area contributed by atoms with Crippen molar-refractivity contribution in [2.45, 2.75) is 58.0 Å². The van der Waals surface area contributed by atoms with Gasteiger partial charge in [-0.05, 0) is 57.0 Å². The molecular formula is C16H28N2O2S. The van der Waals surface area contributed by atoms with E-state index in [1.165, 1.54) is 4.31 Å². The topological polar surface area (TPSA) is 49.4 Å². The highest BCUT2D eigenvalue weighted by molar-refractivity contribution is 7.89. The molecule has 1 aromatic rings. The number of rotatable bonds is 7. The Morgan fingerprint density at radius 2 is 1.86 bits per heavy atom. The first-order valence-corrected chi connectivity index (χ1v) is 8.92. The predicted molar refractivity (Wildman–Crippen MR) is 88.0 cm³/mol. The molecule has 0 fully saturated rings. The summed E-state index contributed by atoms with van der Waals surface area (Å²) in [6.45, 7) is 8.57. The van der Waals surface area contributed by atoms with Gasteiger partial charge >= 0.3 is 0 Å².